The number of carbonyl (C=O) groups excluding carboxylic acids is 1. The van der Waals surface area contributed by atoms with Gasteiger partial charge in [0, 0.05) is 31.8 Å². The lowest BCUT2D eigenvalue weighted by Gasteiger charge is -2.14. The minimum absolute atomic E-state index is 0.0720. The largest absolute Gasteiger partial charge is 0.384 e. The number of hydrogen-bond acceptors (Lipinski definition) is 7. The highest BCUT2D eigenvalue weighted by Crippen LogP contribution is 2.27. The van der Waals surface area contributed by atoms with Crippen molar-refractivity contribution in [3.8, 4) is 11.5 Å². The summed E-state index contributed by atoms with van der Waals surface area (Å²) in [5.41, 5.74) is 2.74. The molecule has 4 rings (SSSR count). The molecule has 0 unspecified atom stereocenters. The van der Waals surface area contributed by atoms with Crippen LogP contribution in [0.5, 0.6) is 0 Å². The van der Waals surface area contributed by atoms with E-state index in [1.54, 1.807) is 36.7 Å². The maximum absolute atomic E-state index is 12.9. The molecule has 33 heavy (non-hydrogen) atoms. The number of aromatic nitrogens is 4. The van der Waals surface area contributed by atoms with Crippen LogP contribution in [0.3, 0.4) is 0 Å². The van der Waals surface area contributed by atoms with E-state index < -0.39 is 10.0 Å². The van der Waals surface area contributed by atoms with Crippen LogP contribution in [0.25, 0.3) is 11.5 Å². The van der Waals surface area contributed by atoms with Gasteiger partial charge in [-0.05, 0) is 49.2 Å². The standard InChI is InChI=1S/C22H26N6O4S/c1-15(2)28-14-23-26-21(28)19-5-4-6-20(24-19)25-22(29)16-7-8-17-12-27(13-18(17)11-16)33(30,31)10-9-32-3/h4-8,11,14-15H,9-10,12-13H2,1-3H3,(H,24,25,29). The Hall–Kier alpha value is -3.15. The number of methoxy groups -OCH3 is 1. The van der Waals surface area contributed by atoms with E-state index in [0.717, 1.165) is 11.1 Å². The van der Waals surface area contributed by atoms with Crippen molar-refractivity contribution in [2.45, 2.75) is 33.0 Å². The summed E-state index contributed by atoms with van der Waals surface area (Å²) in [6, 6.07) is 10.7. The van der Waals surface area contributed by atoms with E-state index in [4.69, 9.17) is 4.74 Å². The molecule has 0 spiro atoms. The van der Waals surface area contributed by atoms with E-state index >= 15 is 0 Å². The fourth-order valence-corrected chi connectivity index (χ4v) is 4.95. The summed E-state index contributed by atoms with van der Waals surface area (Å²) in [6.45, 7) is 4.72. The Morgan fingerprint density at radius 1 is 1.18 bits per heavy atom. The number of pyridine rings is 1. The zero-order chi connectivity index (χ0) is 23.6. The SMILES string of the molecule is COCCS(=O)(=O)N1Cc2ccc(C(=O)Nc3cccc(-c4nncn4C(C)C)n3)cc2C1. The normalized spacial score (nSPS) is 13.9. The van der Waals surface area contributed by atoms with Crippen LogP contribution >= 0.6 is 0 Å². The Morgan fingerprint density at radius 2 is 1.97 bits per heavy atom. The molecule has 174 valence electrons. The molecule has 1 aliphatic heterocycles. The number of carbonyl (C=O) groups is 1. The first-order valence-electron chi connectivity index (χ1n) is 10.6. The van der Waals surface area contributed by atoms with Gasteiger partial charge in [-0.1, -0.05) is 12.1 Å². The van der Waals surface area contributed by atoms with Gasteiger partial charge in [-0.2, -0.15) is 4.31 Å². The van der Waals surface area contributed by atoms with Crippen molar-refractivity contribution < 1.29 is 17.9 Å². The van der Waals surface area contributed by atoms with Crippen LogP contribution < -0.4 is 5.32 Å². The number of hydrogen-bond donors (Lipinski definition) is 1. The van der Waals surface area contributed by atoms with Crippen molar-refractivity contribution in [3.63, 3.8) is 0 Å². The number of benzene rings is 1. The predicted molar refractivity (Wildman–Crippen MR) is 123 cm³/mol. The van der Waals surface area contributed by atoms with Crippen molar-refractivity contribution in [1.29, 1.82) is 0 Å². The fraction of sp³-hybridized carbons (Fsp3) is 0.364. The van der Waals surface area contributed by atoms with E-state index in [-0.39, 0.29) is 30.9 Å². The van der Waals surface area contributed by atoms with Crippen molar-refractivity contribution in [2.24, 2.45) is 0 Å². The van der Waals surface area contributed by atoms with Crippen LogP contribution in [0.1, 0.15) is 41.4 Å². The molecule has 0 bridgehead atoms. The summed E-state index contributed by atoms with van der Waals surface area (Å²) < 4.78 is 33.1. The minimum atomic E-state index is -3.42. The fourth-order valence-electron chi connectivity index (χ4n) is 3.64. The van der Waals surface area contributed by atoms with E-state index in [2.05, 4.69) is 20.5 Å². The van der Waals surface area contributed by atoms with Crippen molar-refractivity contribution >= 4 is 21.7 Å². The number of fused-ring (bicyclic) bond motifs is 1. The third-order valence-electron chi connectivity index (χ3n) is 5.45. The van der Waals surface area contributed by atoms with Gasteiger partial charge in [0.25, 0.3) is 5.91 Å². The van der Waals surface area contributed by atoms with Crippen LogP contribution in [0.4, 0.5) is 5.82 Å². The van der Waals surface area contributed by atoms with Gasteiger partial charge in [-0.25, -0.2) is 13.4 Å². The number of anilines is 1. The highest BCUT2D eigenvalue weighted by molar-refractivity contribution is 7.89. The Balaban J connectivity index is 1.49. The molecule has 0 aliphatic carbocycles. The van der Waals surface area contributed by atoms with Crippen LogP contribution in [-0.4, -0.2) is 57.8 Å². The second kappa shape index (κ2) is 9.38. The molecule has 11 heteroatoms. The maximum atomic E-state index is 12.9. The molecule has 0 radical (unpaired) electrons. The van der Waals surface area contributed by atoms with E-state index in [9.17, 15) is 13.2 Å². The zero-order valence-electron chi connectivity index (χ0n) is 18.7. The summed E-state index contributed by atoms with van der Waals surface area (Å²) in [5.74, 6) is 0.610. The van der Waals surface area contributed by atoms with Crippen molar-refractivity contribution in [3.05, 3.63) is 59.4 Å². The van der Waals surface area contributed by atoms with Gasteiger partial charge in [0.15, 0.2) is 5.82 Å². The Labute approximate surface area is 192 Å². The van der Waals surface area contributed by atoms with Crippen molar-refractivity contribution in [2.75, 3.05) is 24.8 Å². The van der Waals surface area contributed by atoms with E-state index in [1.165, 1.54) is 11.4 Å². The summed E-state index contributed by atoms with van der Waals surface area (Å²) in [7, 11) is -1.95. The molecule has 0 fully saturated rings. The maximum Gasteiger partial charge on any atom is 0.256 e. The molecule has 0 atom stereocenters. The molecule has 1 amide bonds. The topological polar surface area (TPSA) is 119 Å². The first-order valence-corrected chi connectivity index (χ1v) is 12.2. The zero-order valence-corrected chi connectivity index (χ0v) is 19.5. The number of nitrogens with one attached hydrogen (secondary N) is 1. The minimum Gasteiger partial charge on any atom is -0.384 e. The molecule has 1 N–H and O–H groups in total. The Bertz CT molecular complexity index is 1270. The van der Waals surface area contributed by atoms with E-state index in [0.29, 0.717) is 29.4 Å². The molecule has 2 aromatic heterocycles. The van der Waals surface area contributed by atoms with Crippen LogP contribution in [0.2, 0.25) is 0 Å². The summed E-state index contributed by atoms with van der Waals surface area (Å²) in [5, 5.41) is 10.9. The first kappa shape index (κ1) is 23.0. The van der Waals surface area contributed by atoms with Gasteiger partial charge < -0.3 is 14.6 Å². The van der Waals surface area contributed by atoms with Gasteiger partial charge in [0.2, 0.25) is 10.0 Å². The number of ether oxygens (including phenoxy) is 1. The third kappa shape index (κ3) is 4.95. The lowest BCUT2D eigenvalue weighted by Crippen LogP contribution is -2.29. The molecular formula is C22H26N6O4S. The second-order valence-corrected chi connectivity index (χ2v) is 10.2. The quantitative estimate of drug-likeness (QED) is 0.537. The van der Waals surface area contributed by atoms with Gasteiger partial charge in [0.05, 0.1) is 12.4 Å². The monoisotopic (exact) mass is 470 g/mol. The summed E-state index contributed by atoms with van der Waals surface area (Å²) in [4.78, 5) is 17.4. The average Bonchev–Trinajstić information content (AvgIpc) is 3.45. The van der Waals surface area contributed by atoms with Crippen LogP contribution in [0.15, 0.2) is 42.7 Å². The number of amides is 1. The summed E-state index contributed by atoms with van der Waals surface area (Å²) >= 11 is 0. The molecule has 10 nitrogen and oxygen atoms in total. The molecule has 3 heterocycles. The van der Waals surface area contributed by atoms with Gasteiger partial charge in [0.1, 0.15) is 17.8 Å². The molecule has 1 aromatic carbocycles. The highest BCUT2D eigenvalue weighted by atomic mass is 32.2. The number of sulfonamides is 1. The van der Waals surface area contributed by atoms with Crippen LogP contribution in [-0.2, 0) is 27.8 Å². The second-order valence-electron chi connectivity index (χ2n) is 8.08. The Morgan fingerprint density at radius 3 is 2.73 bits per heavy atom. The number of nitrogens with zero attached hydrogens (tertiary/aromatic N) is 5. The van der Waals surface area contributed by atoms with Crippen molar-refractivity contribution in [1.82, 2.24) is 24.1 Å². The lowest BCUT2D eigenvalue weighted by molar-refractivity contribution is 0.102. The highest BCUT2D eigenvalue weighted by Gasteiger charge is 2.29. The molecule has 0 saturated heterocycles. The Kier molecular flexibility index (Phi) is 6.54. The third-order valence-corrected chi connectivity index (χ3v) is 7.18. The predicted octanol–water partition coefficient (Wildman–Crippen LogP) is 2.47. The lowest BCUT2D eigenvalue weighted by atomic mass is 10.1. The molecule has 3 aromatic rings. The van der Waals surface area contributed by atoms with Gasteiger partial charge >= 0.3 is 0 Å². The summed E-state index contributed by atoms with van der Waals surface area (Å²) in [6.07, 6.45) is 1.65. The van der Waals surface area contributed by atoms with Gasteiger partial charge in [-0.3, -0.25) is 4.79 Å². The smallest absolute Gasteiger partial charge is 0.256 e. The van der Waals surface area contributed by atoms with Crippen LogP contribution in [0, 0.1) is 0 Å². The van der Waals surface area contributed by atoms with Gasteiger partial charge in [-0.15, -0.1) is 10.2 Å². The molecule has 0 saturated carbocycles. The average molecular weight is 471 g/mol. The number of rotatable bonds is 8. The van der Waals surface area contributed by atoms with E-state index in [1.807, 2.05) is 24.5 Å². The molecular weight excluding hydrogens is 444 g/mol. The first-order chi connectivity index (χ1) is 15.8. The molecule has 1 aliphatic rings.